The van der Waals surface area contributed by atoms with Crippen molar-refractivity contribution in [2.75, 3.05) is 0 Å². The monoisotopic (exact) mass is 428 g/mol. The molecule has 0 aliphatic heterocycles. The summed E-state index contributed by atoms with van der Waals surface area (Å²) in [5.74, 6) is 4.01. The third-order valence-electron chi connectivity index (χ3n) is 13.1. The zero-order valence-electron chi connectivity index (χ0n) is 21.9. The first kappa shape index (κ1) is 22.7. The zero-order valence-corrected chi connectivity index (χ0v) is 21.9. The molecule has 5 aliphatic rings. The maximum absolute atomic E-state index is 11.8. The first-order chi connectivity index (χ1) is 14.4. The third kappa shape index (κ3) is 2.77. The fourth-order valence-electron chi connectivity index (χ4n) is 11.4. The van der Waals surface area contributed by atoms with Crippen molar-refractivity contribution in [3.8, 4) is 0 Å². The lowest BCUT2D eigenvalue weighted by molar-refractivity contribution is -0.169. The summed E-state index contributed by atoms with van der Waals surface area (Å²) in [7, 11) is 0. The first-order valence-electron chi connectivity index (χ1n) is 14.1. The van der Waals surface area contributed by atoms with Crippen LogP contribution in [0.25, 0.3) is 0 Å². The molecule has 0 aromatic carbocycles. The summed E-state index contributed by atoms with van der Waals surface area (Å²) in [6, 6.07) is 0. The van der Waals surface area contributed by atoms with Crippen molar-refractivity contribution < 1.29 is 5.11 Å². The van der Waals surface area contributed by atoms with E-state index in [0.717, 1.165) is 30.1 Å². The Morgan fingerprint density at radius 1 is 0.839 bits per heavy atom. The largest absolute Gasteiger partial charge is 0.393 e. The van der Waals surface area contributed by atoms with Gasteiger partial charge in [-0.3, -0.25) is 0 Å². The van der Waals surface area contributed by atoms with Crippen LogP contribution in [0.15, 0.2) is 0 Å². The second-order valence-corrected chi connectivity index (χ2v) is 14.9. The van der Waals surface area contributed by atoms with E-state index in [1.807, 2.05) is 0 Å². The van der Waals surface area contributed by atoms with Gasteiger partial charge in [0.25, 0.3) is 0 Å². The minimum Gasteiger partial charge on any atom is -0.393 e. The van der Waals surface area contributed by atoms with Crippen LogP contribution in [0.4, 0.5) is 0 Å². The van der Waals surface area contributed by atoms with Gasteiger partial charge in [-0.25, -0.2) is 0 Å². The summed E-state index contributed by atoms with van der Waals surface area (Å²) >= 11 is 0. The highest BCUT2D eigenvalue weighted by atomic mass is 16.3. The van der Waals surface area contributed by atoms with E-state index >= 15 is 0 Å². The molecule has 31 heavy (non-hydrogen) atoms. The van der Waals surface area contributed by atoms with Gasteiger partial charge in [0, 0.05) is 5.41 Å². The molecule has 0 aromatic rings. The molecule has 5 aliphatic carbocycles. The van der Waals surface area contributed by atoms with Gasteiger partial charge in [-0.2, -0.15) is 0 Å². The van der Waals surface area contributed by atoms with Crippen molar-refractivity contribution in [2.45, 2.75) is 132 Å². The molecule has 1 N–H and O–H groups in total. The van der Waals surface area contributed by atoms with Crippen LogP contribution in [0.5, 0.6) is 0 Å². The van der Waals surface area contributed by atoms with Gasteiger partial charge in [0.2, 0.25) is 0 Å². The van der Waals surface area contributed by atoms with Gasteiger partial charge >= 0.3 is 0 Å². The average Bonchev–Trinajstić information content (AvgIpc) is 3.29. The molecular weight excluding hydrogens is 376 g/mol. The number of hydrogen-bond acceptors (Lipinski definition) is 1. The Morgan fingerprint density at radius 3 is 2.23 bits per heavy atom. The minimum atomic E-state index is -0.0805. The molecule has 1 nitrogen and oxygen atoms in total. The summed E-state index contributed by atoms with van der Waals surface area (Å²) in [5, 5.41) is 11.8. The summed E-state index contributed by atoms with van der Waals surface area (Å²) in [5.41, 5.74) is 2.23. The molecular formula is C30H52O. The van der Waals surface area contributed by atoms with Crippen LogP contribution >= 0.6 is 0 Å². The van der Waals surface area contributed by atoms with Crippen molar-refractivity contribution >= 4 is 0 Å². The molecule has 178 valence electrons. The maximum atomic E-state index is 11.8. The molecule has 0 heterocycles. The van der Waals surface area contributed by atoms with Crippen molar-refractivity contribution in [2.24, 2.45) is 56.7 Å². The van der Waals surface area contributed by atoms with Gasteiger partial charge in [-0.15, -0.1) is 0 Å². The summed E-state index contributed by atoms with van der Waals surface area (Å²) < 4.78 is 0. The number of aliphatic hydroxyl groups is 1. The van der Waals surface area contributed by atoms with Crippen LogP contribution in [0, 0.1) is 56.7 Å². The van der Waals surface area contributed by atoms with E-state index in [-0.39, 0.29) is 11.5 Å². The Morgan fingerprint density at radius 2 is 1.52 bits per heavy atom. The fraction of sp³-hybridized carbons (Fsp3) is 1.00. The molecule has 0 radical (unpaired) electrons. The van der Waals surface area contributed by atoms with E-state index < -0.39 is 0 Å². The Kier molecular flexibility index (Phi) is 5.13. The van der Waals surface area contributed by atoms with Gasteiger partial charge in [0.15, 0.2) is 0 Å². The van der Waals surface area contributed by atoms with E-state index in [1.165, 1.54) is 70.6 Å². The lowest BCUT2D eigenvalue weighted by atomic mass is 9.41. The summed E-state index contributed by atoms with van der Waals surface area (Å²) in [6.07, 6.45) is 16.7. The Bertz CT molecular complexity index is 709. The fourth-order valence-corrected chi connectivity index (χ4v) is 11.4. The minimum absolute atomic E-state index is 0.0805. The number of hydrogen-bond donors (Lipinski definition) is 1. The maximum Gasteiger partial charge on any atom is 0.0604 e. The van der Waals surface area contributed by atoms with E-state index in [0.29, 0.717) is 27.6 Å². The van der Waals surface area contributed by atoms with Crippen LogP contribution in [0.1, 0.15) is 126 Å². The second-order valence-electron chi connectivity index (χ2n) is 14.9. The first-order valence-corrected chi connectivity index (χ1v) is 14.1. The lowest BCUT2D eigenvalue weighted by Gasteiger charge is -2.63. The molecule has 5 fully saturated rings. The van der Waals surface area contributed by atoms with Crippen molar-refractivity contribution in [3.05, 3.63) is 0 Å². The van der Waals surface area contributed by atoms with E-state index in [1.54, 1.807) is 0 Å². The Hall–Kier alpha value is -0.0400. The normalized spacial score (nSPS) is 53.3. The van der Waals surface area contributed by atoms with Crippen molar-refractivity contribution in [3.63, 3.8) is 0 Å². The SMILES string of the molecule is CC(C)CCC[C@@H](C)[C@H]1CC(O)[C@@]2(C)[C@@H]3CCC4C(C)(C)CCC[C@@]45CC35CC[C@]12C. The molecule has 5 saturated carbocycles. The van der Waals surface area contributed by atoms with Gasteiger partial charge < -0.3 is 5.11 Å². The summed E-state index contributed by atoms with van der Waals surface area (Å²) in [4.78, 5) is 0. The van der Waals surface area contributed by atoms with Crippen LogP contribution in [-0.2, 0) is 0 Å². The predicted molar refractivity (Wildman–Crippen MR) is 131 cm³/mol. The second kappa shape index (κ2) is 6.99. The Labute approximate surface area is 193 Å². The molecule has 5 rings (SSSR count). The van der Waals surface area contributed by atoms with E-state index in [4.69, 9.17) is 0 Å². The van der Waals surface area contributed by atoms with Gasteiger partial charge in [0.1, 0.15) is 0 Å². The van der Waals surface area contributed by atoms with Crippen LogP contribution < -0.4 is 0 Å². The van der Waals surface area contributed by atoms with E-state index in [2.05, 4.69) is 48.5 Å². The highest BCUT2D eigenvalue weighted by Gasteiger charge is 2.82. The Balaban J connectivity index is 1.42. The summed E-state index contributed by atoms with van der Waals surface area (Å²) in [6.45, 7) is 17.6. The molecule has 0 bridgehead atoms. The van der Waals surface area contributed by atoms with Gasteiger partial charge in [-0.1, -0.05) is 74.1 Å². The molecule has 0 aromatic heterocycles. The lowest BCUT2D eigenvalue weighted by Crippen LogP contribution is -2.58. The number of aliphatic hydroxyl groups excluding tert-OH is 1. The molecule has 0 saturated heterocycles. The van der Waals surface area contributed by atoms with Crippen LogP contribution in [0.2, 0.25) is 0 Å². The highest BCUT2D eigenvalue weighted by molar-refractivity contribution is 5.31. The van der Waals surface area contributed by atoms with Crippen LogP contribution in [0.3, 0.4) is 0 Å². The highest BCUT2D eigenvalue weighted by Crippen LogP contribution is 2.89. The van der Waals surface area contributed by atoms with Crippen molar-refractivity contribution in [1.82, 2.24) is 0 Å². The number of fused-ring (bicyclic) bond motifs is 2. The average molecular weight is 429 g/mol. The van der Waals surface area contributed by atoms with Crippen LogP contribution in [-0.4, -0.2) is 11.2 Å². The van der Waals surface area contributed by atoms with E-state index in [9.17, 15) is 5.11 Å². The molecule has 1 heteroatoms. The molecule has 0 amide bonds. The number of rotatable bonds is 5. The molecule has 2 spiro atoms. The predicted octanol–water partition coefficient (Wildman–Crippen LogP) is 8.25. The zero-order chi connectivity index (χ0) is 22.4. The molecule has 9 atom stereocenters. The smallest absolute Gasteiger partial charge is 0.0604 e. The van der Waals surface area contributed by atoms with Crippen molar-refractivity contribution in [1.29, 1.82) is 0 Å². The molecule has 3 unspecified atom stereocenters. The standard InChI is InChI=1S/C30H52O/c1-20(2)10-8-11-21(3)22-18-25(31)28(7)24-13-12-23-26(4,5)14-9-15-29(23)19-30(24,29)17-16-27(22,28)6/h20-25,31H,8-19H2,1-7H3/t21-,22-,23?,24+,25?,27-,28-,29-,30?/m1/s1. The third-order valence-corrected chi connectivity index (χ3v) is 13.1. The topological polar surface area (TPSA) is 20.2 Å². The van der Waals surface area contributed by atoms with Gasteiger partial charge in [0.05, 0.1) is 6.10 Å². The van der Waals surface area contributed by atoms with Gasteiger partial charge in [-0.05, 0) is 103 Å². The quantitative estimate of drug-likeness (QED) is 0.467.